The molecular formula is C12H25N3O2. The third kappa shape index (κ3) is 5.02. The van der Waals surface area contributed by atoms with E-state index >= 15 is 0 Å². The molecule has 1 amide bonds. The fourth-order valence-electron chi connectivity index (χ4n) is 2.07. The molecule has 1 heterocycles. The number of likely N-dealkylation sites (N-methyl/N-ethyl adjacent to an activating group) is 1. The zero-order chi connectivity index (χ0) is 12.7. The van der Waals surface area contributed by atoms with Gasteiger partial charge in [0.15, 0.2) is 0 Å². The van der Waals surface area contributed by atoms with Crippen LogP contribution in [0.3, 0.4) is 0 Å². The molecule has 5 heteroatoms. The molecule has 0 aromatic heterocycles. The first-order valence-corrected chi connectivity index (χ1v) is 6.35. The lowest BCUT2D eigenvalue weighted by atomic mass is 10.2. The minimum absolute atomic E-state index is 0.0442. The highest BCUT2D eigenvalue weighted by Crippen LogP contribution is 2.13. The van der Waals surface area contributed by atoms with Crippen LogP contribution in [0.5, 0.6) is 0 Å². The van der Waals surface area contributed by atoms with E-state index in [0.717, 1.165) is 6.54 Å². The van der Waals surface area contributed by atoms with Crippen molar-refractivity contribution in [1.29, 1.82) is 0 Å². The minimum atomic E-state index is -0.138. The Morgan fingerprint density at radius 2 is 2.35 bits per heavy atom. The molecule has 0 aliphatic carbocycles. The Morgan fingerprint density at radius 1 is 1.59 bits per heavy atom. The second-order valence-corrected chi connectivity index (χ2v) is 4.69. The quantitative estimate of drug-likeness (QED) is 0.609. The van der Waals surface area contributed by atoms with Crippen LogP contribution in [-0.4, -0.2) is 63.3 Å². The lowest BCUT2D eigenvalue weighted by Crippen LogP contribution is -2.47. The second kappa shape index (κ2) is 7.63. The van der Waals surface area contributed by atoms with Gasteiger partial charge in [-0.3, -0.25) is 4.79 Å². The fourth-order valence-corrected chi connectivity index (χ4v) is 2.07. The Balaban J connectivity index is 2.15. The van der Waals surface area contributed by atoms with Crippen molar-refractivity contribution < 1.29 is 9.53 Å². The minimum Gasteiger partial charge on any atom is -0.383 e. The summed E-state index contributed by atoms with van der Waals surface area (Å²) in [6.07, 6.45) is 2.48. The predicted molar refractivity (Wildman–Crippen MR) is 68.0 cm³/mol. The number of carbonyl (C=O) groups is 1. The molecule has 0 spiro atoms. The fraction of sp³-hybridized carbons (Fsp3) is 0.917. The van der Waals surface area contributed by atoms with Crippen molar-refractivity contribution in [3.05, 3.63) is 0 Å². The zero-order valence-electron chi connectivity index (χ0n) is 11.2. The first-order valence-electron chi connectivity index (χ1n) is 6.35. The number of nitrogens with one attached hydrogen (secondary N) is 2. The number of ether oxygens (including phenoxy) is 1. The van der Waals surface area contributed by atoms with E-state index in [0.29, 0.717) is 19.2 Å². The molecule has 2 atom stereocenters. The standard InChI is InChI=1S/C12H25N3O2/c1-10(12(16)13-6-8-17-3)14-9-11-5-4-7-15(11)2/h10-11,14H,4-9H2,1-3H3,(H,13,16). The van der Waals surface area contributed by atoms with E-state index in [1.165, 1.54) is 19.4 Å². The summed E-state index contributed by atoms with van der Waals surface area (Å²) in [5.41, 5.74) is 0. The molecule has 100 valence electrons. The van der Waals surface area contributed by atoms with Gasteiger partial charge < -0.3 is 20.3 Å². The molecule has 1 aliphatic rings. The number of hydrogen-bond donors (Lipinski definition) is 2. The van der Waals surface area contributed by atoms with Gasteiger partial charge in [0.25, 0.3) is 0 Å². The SMILES string of the molecule is COCCNC(=O)C(C)NCC1CCCN1C. The van der Waals surface area contributed by atoms with E-state index in [2.05, 4.69) is 22.6 Å². The normalized spacial score (nSPS) is 22.6. The summed E-state index contributed by atoms with van der Waals surface area (Å²) in [4.78, 5) is 14.0. The molecule has 17 heavy (non-hydrogen) atoms. The van der Waals surface area contributed by atoms with Crippen LogP contribution in [0.1, 0.15) is 19.8 Å². The summed E-state index contributed by atoms with van der Waals surface area (Å²) in [6, 6.07) is 0.435. The Morgan fingerprint density at radius 3 is 2.94 bits per heavy atom. The number of likely N-dealkylation sites (tertiary alicyclic amines) is 1. The molecule has 5 nitrogen and oxygen atoms in total. The van der Waals surface area contributed by atoms with Crippen LogP contribution >= 0.6 is 0 Å². The van der Waals surface area contributed by atoms with Crippen molar-refractivity contribution >= 4 is 5.91 Å². The van der Waals surface area contributed by atoms with Gasteiger partial charge in [-0.05, 0) is 33.4 Å². The van der Waals surface area contributed by atoms with Crippen molar-refractivity contribution in [3.63, 3.8) is 0 Å². The van der Waals surface area contributed by atoms with Crippen LogP contribution < -0.4 is 10.6 Å². The average molecular weight is 243 g/mol. The highest BCUT2D eigenvalue weighted by molar-refractivity contribution is 5.81. The van der Waals surface area contributed by atoms with Crippen LogP contribution in [0.2, 0.25) is 0 Å². The smallest absolute Gasteiger partial charge is 0.236 e. The molecule has 1 aliphatic heterocycles. The molecular weight excluding hydrogens is 218 g/mol. The second-order valence-electron chi connectivity index (χ2n) is 4.69. The van der Waals surface area contributed by atoms with E-state index in [-0.39, 0.29) is 11.9 Å². The van der Waals surface area contributed by atoms with Crippen molar-refractivity contribution in [1.82, 2.24) is 15.5 Å². The summed E-state index contributed by atoms with van der Waals surface area (Å²) in [6.45, 7) is 5.09. The van der Waals surface area contributed by atoms with E-state index in [1.54, 1.807) is 7.11 Å². The Labute approximate surface area is 104 Å². The van der Waals surface area contributed by atoms with Gasteiger partial charge in [-0.25, -0.2) is 0 Å². The first-order chi connectivity index (χ1) is 8.15. The molecule has 0 radical (unpaired) electrons. The summed E-state index contributed by atoms with van der Waals surface area (Å²) in [7, 11) is 3.77. The molecule has 0 aromatic carbocycles. The molecule has 1 saturated heterocycles. The van der Waals surface area contributed by atoms with Crippen LogP contribution in [0.4, 0.5) is 0 Å². The van der Waals surface area contributed by atoms with Crippen LogP contribution in [-0.2, 0) is 9.53 Å². The van der Waals surface area contributed by atoms with Crippen molar-refractivity contribution in [2.45, 2.75) is 31.8 Å². The summed E-state index contributed by atoms with van der Waals surface area (Å²) in [5, 5.41) is 6.12. The largest absolute Gasteiger partial charge is 0.383 e. The molecule has 0 saturated carbocycles. The summed E-state index contributed by atoms with van der Waals surface area (Å²) >= 11 is 0. The molecule has 1 rings (SSSR count). The van der Waals surface area contributed by atoms with Gasteiger partial charge in [0.2, 0.25) is 5.91 Å². The van der Waals surface area contributed by atoms with E-state index in [1.807, 2.05) is 6.92 Å². The Hall–Kier alpha value is -0.650. The molecule has 1 fully saturated rings. The summed E-state index contributed by atoms with van der Waals surface area (Å²) in [5.74, 6) is 0.0442. The number of hydrogen-bond acceptors (Lipinski definition) is 4. The average Bonchev–Trinajstić information content (AvgIpc) is 2.72. The maximum Gasteiger partial charge on any atom is 0.236 e. The van der Waals surface area contributed by atoms with Gasteiger partial charge in [0.05, 0.1) is 12.6 Å². The molecule has 0 aromatic rings. The third-order valence-corrected chi connectivity index (χ3v) is 3.33. The van der Waals surface area contributed by atoms with Gasteiger partial charge >= 0.3 is 0 Å². The summed E-state index contributed by atoms with van der Waals surface area (Å²) < 4.78 is 4.89. The number of rotatable bonds is 7. The van der Waals surface area contributed by atoms with Gasteiger partial charge in [0.1, 0.15) is 0 Å². The number of nitrogens with zero attached hydrogens (tertiary/aromatic N) is 1. The number of methoxy groups -OCH3 is 1. The zero-order valence-corrected chi connectivity index (χ0v) is 11.2. The Bertz CT molecular complexity index is 236. The molecule has 2 N–H and O–H groups in total. The predicted octanol–water partition coefficient (Wildman–Crippen LogP) is -0.179. The van der Waals surface area contributed by atoms with E-state index in [4.69, 9.17) is 4.74 Å². The van der Waals surface area contributed by atoms with Gasteiger partial charge in [-0.1, -0.05) is 0 Å². The van der Waals surface area contributed by atoms with E-state index in [9.17, 15) is 4.79 Å². The number of amides is 1. The highest BCUT2D eigenvalue weighted by atomic mass is 16.5. The Kier molecular flexibility index (Phi) is 6.47. The van der Waals surface area contributed by atoms with Crippen LogP contribution in [0.25, 0.3) is 0 Å². The van der Waals surface area contributed by atoms with Crippen molar-refractivity contribution in [3.8, 4) is 0 Å². The van der Waals surface area contributed by atoms with E-state index < -0.39 is 0 Å². The topological polar surface area (TPSA) is 53.6 Å². The third-order valence-electron chi connectivity index (χ3n) is 3.33. The van der Waals surface area contributed by atoms with Crippen molar-refractivity contribution in [2.75, 3.05) is 40.4 Å². The van der Waals surface area contributed by atoms with Crippen LogP contribution in [0, 0.1) is 0 Å². The van der Waals surface area contributed by atoms with Gasteiger partial charge in [0, 0.05) is 26.2 Å². The monoisotopic (exact) mass is 243 g/mol. The van der Waals surface area contributed by atoms with Crippen molar-refractivity contribution in [2.24, 2.45) is 0 Å². The number of carbonyl (C=O) groups excluding carboxylic acids is 1. The van der Waals surface area contributed by atoms with Gasteiger partial charge in [-0.2, -0.15) is 0 Å². The highest BCUT2D eigenvalue weighted by Gasteiger charge is 2.22. The lowest BCUT2D eigenvalue weighted by Gasteiger charge is -2.22. The maximum absolute atomic E-state index is 11.7. The molecule has 2 unspecified atom stereocenters. The van der Waals surface area contributed by atoms with Gasteiger partial charge in [-0.15, -0.1) is 0 Å². The molecule has 0 bridgehead atoms. The maximum atomic E-state index is 11.7. The lowest BCUT2D eigenvalue weighted by molar-refractivity contribution is -0.123. The van der Waals surface area contributed by atoms with Crippen LogP contribution in [0.15, 0.2) is 0 Å². The first kappa shape index (κ1) is 14.4.